The summed E-state index contributed by atoms with van der Waals surface area (Å²) in [6, 6.07) is 17.1. The highest BCUT2D eigenvalue weighted by molar-refractivity contribution is 8.04. The largest absolute Gasteiger partial charge is 0.495 e. The van der Waals surface area contributed by atoms with Gasteiger partial charge in [0.25, 0.3) is 11.8 Å². The zero-order valence-corrected chi connectivity index (χ0v) is 20.6. The van der Waals surface area contributed by atoms with Crippen molar-refractivity contribution < 1.29 is 14.3 Å². The van der Waals surface area contributed by atoms with Gasteiger partial charge in [-0.25, -0.2) is 4.90 Å². The molecule has 3 aromatic carbocycles. The lowest BCUT2D eigenvalue weighted by Crippen LogP contribution is -2.32. The molecule has 0 fully saturated rings. The smallest absolute Gasteiger partial charge is 0.283 e. The van der Waals surface area contributed by atoms with Gasteiger partial charge in [0, 0.05) is 25.7 Å². The first-order valence-corrected chi connectivity index (χ1v) is 11.7. The fourth-order valence-corrected chi connectivity index (χ4v) is 4.61. The summed E-state index contributed by atoms with van der Waals surface area (Å²) < 4.78 is 5.38. The van der Waals surface area contributed by atoms with Gasteiger partial charge in [-0.1, -0.05) is 52.6 Å². The molecule has 1 aliphatic heterocycles. The number of hydrogen-bond donors (Lipinski definition) is 1. The molecule has 5 nitrogen and oxygen atoms in total. The average molecular weight is 520 g/mol. The van der Waals surface area contributed by atoms with Crippen LogP contribution in [0, 0.1) is 6.92 Å². The number of carbonyl (C=O) groups is 2. The standard InChI is InChI=1S/C24H17Cl3N2O3S/c1-13-3-7-16(12-18(13)27)28-21-22(33-17-8-4-14(25)5-9-17)24(31)29(23(21)30)19-11-15(26)6-10-20(19)32-2/h3-12,28H,1-2H3. The third kappa shape index (κ3) is 4.84. The first-order valence-electron chi connectivity index (χ1n) is 9.71. The normalized spacial score (nSPS) is 13.7. The van der Waals surface area contributed by atoms with E-state index in [2.05, 4.69) is 5.32 Å². The van der Waals surface area contributed by atoms with Gasteiger partial charge in [0.05, 0.1) is 12.8 Å². The molecular weight excluding hydrogens is 503 g/mol. The van der Waals surface area contributed by atoms with Crippen molar-refractivity contribution in [3.63, 3.8) is 0 Å². The van der Waals surface area contributed by atoms with E-state index in [0.29, 0.717) is 26.5 Å². The lowest BCUT2D eigenvalue weighted by molar-refractivity contribution is -0.120. The summed E-state index contributed by atoms with van der Waals surface area (Å²) in [5, 5.41) is 4.56. The Kier molecular flexibility index (Phi) is 6.91. The van der Waals surface area contributed by atoms with Crippen molar-refractivity contribution in [3.05, 3.63) is 91.9 Å². The third-order valence-electron chi connectivity index (χ3n) is 4.90. The fraction of sp³-hybridized carbons (Fsp3) is 0.0833. The molecule has 1 aliphatic rings. The number of aryl methyl sites for hydroxylation is 1. The number of anilines is 2. The van der Waals surface area contributed by atoms with Crippen LogP contribution >= 0.6 is 46.6 Å². The van der Waals surface area contributed by atoms with E-state index in [0.717, 1.165) is 27.1 Å². The van der Waals surface area contributed by atoms with Gasteiger partial charge in [-0.05, 0) is 67.1 Å². The van der Waals surface area contributed by atoms with E-state index in [1.54, 1.807) is 48.5 Å². The Balaban J connectivity index is 1.79. The number of benzene rings is 3. The number of imide groups is 1. The molecule has 0 atom stereocenters. The van der Waals surface area contributed by atoms with E-state index < -0.39 is 11.8 Å². The van der Waals surface area contributed by atoms with Crippen molar-refractivity contribution in [2.45, 2.75) is 11.8 Å². The van der Waals surface area contributed by atoms with Crippen molar-refractivity contribution in [2.75, 3.05) is 17.3 Å². The molecule has 168 valence electrons. The van der Waals surface area contributed by atoms with Gasteiger partial charge >= 0.3 is 0 Å². The maximum absolute atomic E-state index is 13.5. The molecular formula is C24H17Cl3N2O3S. The molecule has 3 aromatic rings. The van der Waals surface area contributed by atoms with Crippen LogP contribution in [-0.2, 0) is 9.59 Å². The van der Waals surface area contributed by atoms with Crippen molar-refractivity contribution in [2.24, 2.45) is 0 Å². The number of nitrogens with one attached hydrogen (secondary N) is 1. The molecule has 0 aliphatic carbocycles. The van der Waals surface area contributed by atoms with Crippen LogP contribution < -0.4 is 15.0 Å². The molecule has 9 heteroatoms. The second-order valence-corrected chi connectivity index (χ2v) is 9.47. The van der Waals surface area contributed by atoms with E-state index in [9.17, 15) is 9.59 Å². The topological polar surface area (TPSA) is 58.6 Å². The highest BCUT2D eigenvalue weighted by Crippen LogP contribution is 2.41. The van der Waals surface area contributed by atoms with Crippen LogP contribution in [0.1, 0.15) is 5.56 Å². The average Bonchev–Trinajstić information content (AvgIpc) is 3.01. The summed E-state index contributed by atoms with van der Waals surface area (Å²) in [7, 11) is 1.46. The van der Waals surface area contributed by atoms with Crippen molar-refractivity contribution in [3.8, 4) is 5.75 Å². The van der Waals surface area contributed by atoms with Crippen molar-refractivity contribution >= 4 is 69.8 Å². The molecule has 1 heterocycles. The quantitative estimate of drug-likeness (QED) is 0.357. The van der Waals surface area contributed by atoms with Crippen LogP contribution in [0.3, 0.4) is 0 Å². The predicted octanol–water partition coefficient (Wildman–Crippen LogP) is 6.95. The van der Waals surface area contributed by atoms with Gasteiger partial charge in [0.15, 0.2) is 0 Å². The van der Waals surface area contributed by atoms with Crippen LogP contribution in [-0.4, -0.2) is 18.9 Å². The third-order valence-corrected chi connectivity index (χ3v) is 6.88. The molecule has 2 amide bonds. The maximum Gasteiger partial charge on any atom is 0.283 e. The number of amides is 2. The summed E-state index contributed by atoms with van der Waals surface area (Å²) >= 11 is 19.6. The predicted molar refractivity (Wildman–Crippen MR) is 135 cm³/mol. The van der Waals surface area contributed by atoms with Gasteiger partial charge in [-0.3, -0.25) is 9.59 Å². The van der Waals surface area contributed by atoms with Gasteiger partial charge in [-0.15, -0.1) is 0 Å². The summed E-state index contributed by atoms with van der Waals surface area (Å²) in [6.45, 7) is 1.88. The highest BCUT2D eigenvalue weighted by atomic mass is 35.5. The van der Waals surface area contributed by atoms with Crippen LogP contribution in [0.15, 0.2) is 76.2 Å². The zero-order valence-electron chi connectivity index (χ0n) is 17.5. The summed E-state index contributed by atoms with van der Waals surface area (Å²) in [5.74, 6) is -0.688. The Hall–Kier alpha value is -2.64. The van der Waals surface area contributed by atoms with Crippen LogP contribution in [0.5, 0.6) is 5.75 Å². The first-order chi connectivity index (χ1) is 15.8. The Bertz CT molecular complexity index is 1290. The van der Waals surface area contributed by atoms with Crippen LogP contribution in [0.4, 0.5) is 11.4 Å². The number of halogens is 3. The SMILES string of the molecule is COc1ccc(Cl)cc1N1C(=O)C(Nc2ccc(C)c(Cl)c2)=C(Sc2ccc(Cl)cc2)C1=O. The molecule has 0 saturated heterocycles. The molecule has 33 heavy (non-hydrogen) atoms. The van der Waals surface area contributed by atoms with Gasteiger partial charge in [0.2, 0.25) is 0 Å². The minimum atomic E-state index is -0.534. The molecule has 0 aromatic heterocycles. The molecule has 0 spiro atoms. The van der Waals surface area contributed by atoms with E-state index in [1.807, 2.05) is 13.0 Å². The first kappa shape index (κ1) is 23.5. The maximum atomic E-state index is 13.5. The molecule has 0 saturated carbocycles. The Morgan fingerprint density at radius 3 is 2.24 bits per heavy atom. The summed E-state index contributed by atoms with van der Waals surface area (Å²) in [6.07, 6.45) is 0. The van der Waals surface area contributed by atoms with Gasteiger partial charge < -0.3 is 10.1 Å². The summed E-state index contributed by atoms with van der Waals surface area (Å²) in [5.41, 5.74) is 1.86. The van der Waals surface area contributed by atoms with E-state index in [1.165, 1.54) is 13.2 Å². The molecule has 0 unspecified atom stereocenters. The van der Waals surface area contributed by atoms with E-state index >= 15 is 0 Å². The number of rotatable bonds is 6. The highest BCUT2D eigenvalue weighted by Gasteiger charge is 2.41. The number of nitrogens with zero attached hydrogens (tertiary/aromatic N) is 1. The van der Waals surface area contributed by atoms with Crippen molar-refractivity contribution in [1.29, 1.82) is 0 Å². The Labute approximate surface area is 210 Å². The minimum absolute atomic E-state index is 0.127. The Morgan fingerprint density at radius 2 is 1.58 bits per heavy atom. The van der Waals surface area contributed by atoms with Crippen molar-refractivity contribution in [1.82, 2.24) is 0 Å². The monoisotopic (exact) mass is 518 g/mol. The molecule has 4 rings (SSSR count). The number of methoxy groups -OCH3 is 1. The zero-order chi connectivity index (χ0) is 23.7. The molecule has 0 radical (unpaired) electrons. The van der Waals surface area contributed by atoms with Gasteiger partial charge in [0.1, 0.15) is 16.4 Å². The van der Waals surface area contributed by atoms with Gasteiger partial charge in [-0.2, -0.15) is 0 Å². The Morgan fingerprint density at radius 1 is 0.879 bits per heavy atom. The second-order valence-electron chi connectivity index (χ2n) is 7.11. The summed E-state index contributed by atoms with van der Waals surface area (Å²) in [4.78, 5) is 29.1. The molecule has 1 N–H and O–H groups in total. The number of thioether (sulfide) groups is 1. The fourth-order valence-electron chi connectivity index (χ4n) is 3.21. The van der Waals surface area contributed by atoms with Crippen LogP contribution in [0.2, 0.25) is 15.1 Å². The number of ether oxygens (including phenoxy) is 1. The molecule has 0 bridgehead atoms. The number of hydrogen-bond acceptors (Lipinski definition) is 5. The number of carbonyl (C=O) groups excluding carboxylic acids is 2. The van der Waals surface area contributed by atoms with E-state index in [-0.39, 0.29) is 16.3 Å². The minimum Gasteiger partial charge on any atom is -0.495 e. The lowest BCUT2D eigenvalue weighted by Gasteiger charge is -2.18. The lowest BCUT2D eigenvalue weighted by atomic mass is 10.2. The van der Waals surface area contributed by atoms with E-state index in [4.69, 9.17) is 39.5 Å². The van der Waals surface area contributed by atoms with Crippen LogP contribution in [0.25, 0.3) is 0 Å². The second kappa shape index (κ2) is 9.69.